The summed E-state index contributed by atoms with van der Waals surface area (Å²) in [5.41, 5.74) is 0.102. The number of halogens is 2. The van der Waals surface area contributed by atoms with E-state index >= 15 is 0 Å². The van der Waals surface area contributed by atoms with Crippen molar-refractivity contribution in [3.63, 3.8) is 0 Å². The first-order chi connectivity index (χ1) is 6.65. The van der Waals surface area contributed by atoms with Crippen LogP contribution in [0, 0.1) is 5.82 Å². The summed E-state index contributed by atoms with van der Waals surface area (Å²) in [6.07, 6.45) is -1.84. The van der Waals surface area contributed by atoms with E-state index in [2.05, 4.69) is 4.74 Å². The number of benzene rings is 1. The van der Waals surface area contributed by atoms with Crippen molar-refractivity contribution in [2.24, 2.45) is 0 Å². The van der Waals surface area contributed by atoms with E-state index in [0.29, 0.717) is 0 Å². The first kappa shape index (κ1) is 10.6. The Bertz CT molecular complexity index is 308. The van der Waals surface area contributed by atoms with Crippen LogP contribution in [-0.4, -0.2) is 12.6 Å². The van der Waals surface area contributed by atoms with E-state index in [4.69, 9.17) is 0 Å². The second-order valence-corrected chi connectivity index (χ2v) is 2.67. The van der Waals surface area contributed by atoms with Gasteiger partial charge in [0.05, 0.1) is 6.61 Å². The molecule has 0 aliphatic carbocycles. The molecule has 1 aromatic carbocycles. The summed E-state index contributed by atoms with van der Waals surface area (Å²) in [4.78, 5) is 10.9. The summed E-state index contributed by atoms with van der Waals surface area (Å²) in [7, 11) is 0. The minimum absolute atomic E-state index is 0.102. The van der Waals surface area contributed by atoms with Gasteiger partial charge in [-0.25, -0.2) is 13.6 Å². The van der Waals surface area contributed by atoms with Crippen molar-refractivity contribution in [1.82, 2.24) is 0 Å². The average molecular weight is 200 g/mol. The van der Waals surface area contributed by atoms with Crippen LogP contribution in [0.3, 0.4) is 0 Å². The Morgan fingerprint density at radius 1 is 1.43 bits per heavy atom. The van der Waals surface area contributed by atoms with Gasteiger partial charge >= 0.3 is 5.97 Å². The lowest BCUT2D eigenvalue weighted by molar-refractivity contribution is -0.149. The molecule has 4 heteroatoms. The third-order valence-corrected chi connectivity index (χ3v) is 1.66. The van der Waals surface area contributed by atoms with Crippen LogP contribution in [0.2, 0.25) is 0 Å². The third-order valence-electron chi connectivity index (χ3n) is 1.66. The Hall–Kier alpha value is -1.45. The molecule has 0 N–H and O–H groups in total. The molecule has 14 heavy (non-hydrogen) atoms. The molecule has 0 heterocycles. The first-order valence-electron chi connectivity index (χ1n) is 4.21. The highest BCUT2D eigenvalue weighted by Crippen LogP contribution is 2.18. The lowest BCUT2D eigenvalue weighted by atomic mass is 10.1. The fraction of sp³-hybridized carbons (Fsp3) is 0.300. The first-order valence-corrected chi connectivity index (χ1v) is 4.21. The molecule has 1 rings (SSSR count). The second kappa shape index (κ2) is 4.69. The van der Waals surface area contributed by atoms with Crippen molar-refractivity contribution < 1.29 is 18.3 Å². The smallest absolute Gasteiger partial charge is 0.345 e. The molecular formula is C10H10F2O2. The minimum atomic E-state index is -1.84. The number of hydrogen-bond acceptors (Lipinski definition) is 2. The van der Waals surface area contributed by atoms with E-state index in [1.165, 1.54) is 12.1 Å². The van der Waals surface area contributed by atoms with E-state index in [9.17, 15) is 13.6 Å². The molecule has 76 valence electrons. The van der Waals surface area contributed by atoms with Gasteiger partial charge in [0.2, 0.25) is 6.17 Å². The van der Waals surface area contributed by atoms with Gasteiger partial charge in [0.15, 0.2) is 0 Å². The molecule has 0 aliphatic heterocycles. The summed E-state index contributed by atoms with van der Waals surface area (Å²) in [5, 5.41) is 0. The Morgan fingerprint density at radius 2 is 2.00 bits per heavy atom. The summed E-state index contributed by atoms with van der Waals surface area (Å²) in [6, 6.07) is 4.64. The number of rotatable bonds is 3. The van der Waals surface area contributed by atoms with Crippen molar-refractivity contribution in [2.75, 3.05) is 6.61 Å². The number of hydrogen-bond donors (Lipinski definition) is 0. The fourth-order valence-corrected chi connectivity index (χ4v) is 0.983. The molecule has 2 nitrogen and oxygen atoms in total. The predicted octanol–water partition coefficient (Wildman–Crippen LogP) is 2.40. The lowest BCUT2D eigenvalue weighted by Crippen LogP contribution is -2.11. The Morgan fingerprint density at radius 3 is 2.50 bits per heavy atom. The molecule has 1 atom stereocenters. The van der Waals surface area contributed by atoms with Crippen LogP contribution < -0.4 is 0 Å². The predicted molar refractivity (Wildman–Crippen MR) is 46.9 cm³/mol. The highest BCUT2D eigenvalue weighted by molar-refractivity contribution is 5.76. The van der Waals surface area contributed by atoms with Crippen molar-refractivity contribution in [3.8, 4) is 0 Å². The summed E-state index contributed by atoms with van der Waals surface area (Å²) in [5.74, 6) is -1.41. The topological polar surface area (TPSA) is 26.3 Å². The Balaban J connectivity index is 2.73. The molecule has 0 unspecified atom stereocenters. The molecule has 0 aromatic heterocycles. The number of carbonyl (C=O) groups is 1. The molecule has 0 saturated carbocycles. The van der Waals surface area contributed by atoms with Crippen molar-refractivity contribution >= 4 is 5.97 Å². The SMILES string of the molecule is CCOC(=O)[C@H](F)c1ccc(F)cc1. The molecule has 0 fully saturated rings. The normalized spacial score (nSPS) is 12.2. The van der Waals surface area contributed by atoms with Gasteiger partial charge in [0.25, 0.3) is 0 Å². The number of carbonyl (C=O) groups excluding carboxylic acids is 1. The van der Waals surface area contributed by atoms with E-state index in [1.807, 2.05) is 0 Å². The zero-order valence-electron chi connectivity index (χ0n) is 7.67. The van der Waals surface area contributed by atoms with Gasteiger partial charge in [-0.15, -0.1) is 0 Å². The quantitative estimate of drug-likeness (QED) is 0.700. The number of esters is 1. The van der Waals surface area contributed by atoms with Crippen molar-refractivity contribution in [1.29, 1.82) is 0 Å². The summed E-state index contributed by atoms with van der Waals surface area (Å²) < 4.78 is 30.2. The molecule has 0 saturated heterocycles. The molecule has 1 aromatic rings. The largest absolute Gasteiger partial charge is 0.464 e. The molecule has 0 amide bonds. The van der Waals surface area contributed by atoms with Gasteiger partial charge in [-0.1, -0.05) is 12.1 Å². The highest BCUT2D eigenvalue weighted by Gasteiger charge is 2.20. The van der Waals surface area contributed by atoms with Gasteiger partial charge in [-0.3, -0.25) is 0 Å². The number of alkyl halides is 1. The maximum atomic E-state index is 13.3. The van der Waals surface area contributed by atoms with Crippen LogP contribution in [0.5, 0.6) is 0 Å². The van der Waals surface area contributed by atoms with Crippen LogP contribution in [0.25, 0.3) is 0 Å². The monoisotopic (exact) mass is 200 g/mol. The Kier molecular flexibility index (Phi) is 3.56. The van der Waals surface area contributed by atoms with Gasteiger partial charge in [0, 0.05) is 0 Å². The van der Waals surface area contributed by atoms with E-state index in [1.54, 1.807) is 6.92 Å². The number of ether oxygens (including phenoxy) is 1. The summed E-state index contributed by atoms with van der Waals surface area (Å²) >= 11 is 0. The van der Waals surface area contributed by atoms with Crippen molar-refractivity contribution in [3.05, 3.63) is 35.6 Å². The molecule has 0 aliphatic rings. The van der Waals surface area contributed by atoms with Gasteiger partial charge in [-0.2, -0.15) is 0 Å². The molecular weight excluding hydrogens is 190 g/mol. The standard InChI is InChI=1S/C10H10F2O2/c1-2-14-10(13)9(12)7-3-5-8(11)6-4-7/h3-6,9H,2H2,1H3/t9-/m1/s1. The lowest BCUT2D eigenvalue weighted by Gasteiger charge is -2.06. The highest BCUT2D eigenvalue weighted by atomic mass is 19.1. The van der Waals surface area contributed by atoms with E-state index in [0.717, 1.165) is 12.1 Å². The molecule has 0 spiro atoms. The van der Waals surface area contributed by atoms with Gasteiger partial charge in [-0.05, 0) is 24.6 Å². The fourth-order valence-electron chi connectivity index (χ4n) is 0.983. The minimum Gasteiger partial charge on any atom is -0.464 e. The zero-order valence-corrected chi connectivity index (χ0v) is 7.67. The van der Waals surface area contributed by atoms with E-state index in [-0.39, 0.29) is 12.2 Å². The van der Waals surface area contributed by atoms with Crippen LogP contribution in [0.4, 0.5) is 8.78 Å². The molecule has 0 bridgehead atoms. The van der Waals surface area contributed by atoms with Crippen LogP contribution in [0.15, 0.2) is 24.3 Å². The maximum Gasteiger partial charge on any atom is 0.345 e. The maximum absolute atomic E-state index is 13.3. The van der Waals surface area contributed by atoms with Crippen molar-refractivity contribution in [2.45, 2.75) is 13.1 Å². The van der Waals surface area contributed by atoms with Crippen LogP contribution in [-0.2, 0) is 9.53 Å². The third kappa shape index (κ3) is 2.52. The second-order valence-electron chi connectivity index (χ2n) is 2.67. The van der Waals surface area contributed by atoms with Crippen LogP contribution >= 0.6 is 0 Å². The van der Waals surface area contributed by atoms with Gasteiger partial charge in [0.1, 0.15) is 5.82 Å². The Labute approximate surface area is 80.5 Å². The summed E-state index contributed by atoms with van der Waals surface area (Å²) in [6.45, 7) is 1.72. The van der Waals surface area contributed by atoms with Crippen LogP contribution in [0.1, 0.15) is 18.7 Å². The molecule has 0 radical (unpaired) electrons. The van der Waals surface area contributed by atoms with Gasteiger partial charge < -0.3 is 4.74 Å². The average Bonchev–Trinajstić information content (AvgIpc) is 2.18. The zero-order chi connectivity index (χ0) is 10.6. The van der Waals surface area contributed by atoms with E-state index < -0.39 is 18.0 Å².